The Hall–Kier alpha value is -2.19. The lowest BCUT2D eigenvalue weighted by atomic mass is 9.90. The number of nitrogens with zero attached hydrogens (tertiary/aromatic N) is 3. The third kappa shape index (κ3) is 5.05. The van der Waals surface area contributed by atoms with Gasteiger partial charge in [-0.1, -0.05) is 48.3 Å². The van der Waals surface area contributed by atoms with Gasteiger partial charge in [-0.3, -0.25) is 9.59 Å². The normalized spacial score (nSPS) is 14.9. The highest BCUT2D eigenvalue weighted by molar-refractivity contribution is 8.00. The van der Waals surface area contributed by atoms with E-state index in [9.17, 15) is 9.59 Å². The molecule has 2 heterocycles. The van der Waals surface area contributed by atoms with Gasteiger partial charge in [0.25, 0.3) is 5.56 Å². The second-order valence-electron chi connectivity index (χ2n) is 7.32. The van der Waals surface area contributed by atoms with Crippen LogP contribution in [0.5, 0.6) is 0 Å². The quantitative estimate of drug-likeness (QED) is 0.429. The van der Waals surface area contributed by atoms with Crippen molar-refractivity contribution in [2.75, 3.05) is 5.75 Å². The van der Waals surface area contributed by atoms with Gasteiger partial charge in [0.05, 0.1) is 11.4 Å². The molecule has 0 amide bonds. The molecule has 0 aliphatic heterocycles. The van der Waals surface area contributed by atoms with Crippen molar-refractivity contribution < 1.29 is 9.53 Å². The molecule has 0 unspecified atom stereocenters. The van der Waals surface area contributed by atoms with Gasteiger partial charge in [-0.25, -0.2) is 4.98 Å². The highest BCUT2D eigenvalue weighted by Crippen LogP contribution is 2.34. The predicted octanol–water partition coefficient (Wildman–Crippen LogP) is 4.34. The van der Waals surface area contributed by atoms with E-state index in [1.807, 2.05) is 31.2 Å². The first-order chi connectivity index (χ1) is 14.1. The van der Waals surface area contributed by atoms with E-state index in [1.54, 1.807) is 0 Å². The van der Waals surface area contributed by atoms with E-state index >= 15 is 0 Å². The molecule has 1 aliphatic carbocycles. The number of rotatable bonds is 6. The van der Waals surface area contributed by atoms with Crippen LogP contribution < -0.4 is 5.56 Å². The molecule has 152 valence electrons. The molecule has 1 aromatic carbocycles. The first-order valence-corrected chi connectivity index (χ1v) is 11.6. The van der Waals surface area contributed by atoms with Crippen LogP contribution in [0.15, 0.2) is 40.0 Å². The van der Waals surface area contributed by atoms with Gasteiger partial charge >= 0.3 is 5.97 Å². The van der Waals surface area contributed by atoms with Crippen molar-refractivity contribution in [3.05, 3.63) is 57.0 Å². The maximum Gasteiger partial charge on any atom is 0.316 e. The van der Waals surface area contributed by atoms with Gasteiger partial charge in [0.2, 0.25) is 4.96 Å². The second-order valence-corrected chi connectivity index (χ2v) is 9.35. The Labute approximate surface area is 177 Å². The fraction of sp³-hybridized carbons (Fsp3) is 0.429. The Morgan fingerprint density at radius 2 is 2.00 bits per heavy atom. The van der Waals surface area contributed by atoms with Crippen molar-refractivity contribution in [1.29, 1.82) is 0 Å². The zero-order chi connectivity index (χ0) is 20.2. The number of fused-ring (bicyclic) bond motifs is 1. The van der Waals surface area contributed by atoms with Crippen LogP contribution in [0.25, 0.3) is 4.96 Å². The minimum absolute atomic E-state index is 0.00427. The van der Waals surface area contributed by atoms with Gasteiger partial charge in [-0.15, -0.1) is 11.8 Å². The standard InChI is InChI=1S/C21H23N3O3S2/c1-14-7-9-17(10-8-14)28-13-19(26)27-12-16-11-18(25)24-21(22-16)29-20(23-24)15-5-3-2-4-6-15/h7-11,15H,2-6,12-13H2,1H3. The second kappa shape index (κ2) is 9.09. The number of thioether (sulfide) groups is 1. The average Bonchev–Trinajstić information content (AvgIpc) is 3.17. The summed E-state index contributed by atoms with van der Waals surface area (Å²) >= 11 is 2.90. The van der Waals surface area contributed by atoms with Crippen molar-refractivity contribution in [3.8, 4) is 0 Å². The number of benzene rings is 1. The van der Waals surface area contributed by atoms with Gasteiger partial charge in [-0.2, -0.15) is 9.61 Å². The molecule has 1 aliphatic rings. The number of carbonyl (C=O) groups excluding carboxylic acids is 1. The summed E-state index contributed by atoms with van der Waals surface area (Å²) in [6.07, 6.45) is 5.95. The minimum Gasteiger partial charge on any atom is -0.459 e. The molecule has 1 saturated carbocycles. The van der Waals surface area contributed by atoms with E-state index in [4.69, 9.17) is 4.74 Å². The number of hydrogen-bond acceptors (Lipinski definition) is 7. The molecule has 4 rings (SSSR count). The van der Waals surface area contributed by atoms with E-state index in [1.165, 1.54) is 58.5 Å². The minimum atomic E-state index is -0.329. The third-order valence-electron chi connectivity index (χ3n) is 5.03. The monoisotopic (exact) mass is 429 g/mol. The molecule has 1 fully saturated rings. The molecule has 0 radical (unpaired) electrons. The summed E-state index contributed by atoms with van der Waals surface area (Å²) in [7, 11) is 0. The van der Waals surface area contributed by atoms with Crippen molar-refractivity contribution in [2.24, 2.45) is 0 Å². The summed E-state index contributed by atoms with van der Waals surface area (Å²) in [5, 5.41) is 5.47. The maximum atomic E-state index is 12.4. The molecule has 8 heteroatoms. The fourth-order valence-corrected chi connectivity index (χ4v) is 5.22. The van der Waals surface area contributed by atoms with Crippen LogP contribution in [0, 0.1) is 6.92 Å². The van der Waals surface area contributed by atoms with Gasteiger partial charge in [0.1, 0.15) is 11.6 Å². The number of hydrogen-bond donors (Lipinski definition) is 0. The molecule has 29 heavy (non-hydrogen) atoms. The molecule has 0 N–H and O–H groups in total. The first-order valence-electron chi connectivity index (χ1n) is 9.83. The van der Waals surface area contributed by atoms with Crippen molar-refractivity contribution in [3.63, 3.8) is 0 Å². The topological polar surface area (TPSA) is 73.6 Å². The predicted molar refractivity (Wildman–Crippen MR) is 115 cm³/mol. The molecular weight excluding hydrogens is 406 g/mol. The van der Waals surface area contributed by atoms with Crippen molar-refractivity contribution in [2.45, 2.75) is 56.4 Å². The lowest BCUT2D eigenvalue weighted by molar-refractivity contribution is -0.141. The van der Waals surface area contributed by atoms with Crippen LogP contribution in [0.1, 0.15) is 54.3 Å². The van der Waals surface area contributed by atoms with Crippen LogP contribution in [0.4, 0.5) is 0 Å². The SMILES string of the molecule is Cc1ccc(SCC(=O)OCc2cc(=O)n3nc(C4CCCCC4)sc3n2)cc1. The zero-order valence-corrected chi connectivity index (χ0v) is 17.9. The van der Waals surface area contributed by atoms with Crippen LogP contribution in [0.2, 0.25) is 0 Å². The molecule has 6 nitrogen and oxygen atoms in total. The Balaban J connectivity index is 1.38. The molecule has 0 bridgehead atoms. The molecule has 0 saturated heterocycles. The van der Waals surface area contributed by atoms with Gasteiger partial charge in [0, 0.05) is 16.9 Å². The van der Waals surface area contributed by atoms with Gasteiger partial charge < -0.3 is 4.74 Å². The highest BCUT2D eigenvalue weighted by atomic mass is 32.2. The fourth-order valence-electron chi connectivity index (χ4n) is 3.43. The molecule has 0 spiro atoms. The summed E-state index contributed by atoms with van der Waals surface area (Å²) in [6, 6.07) is 9.39. The van der Waals surface area contributed by atoms with Crippen molar-refractivity contribution >= 4 is 34.0 Å². The first kappa shape index (κ1) is 20.1. The Morgan fingerprint density at radius 3 is 2.76 bits per heavy atom. The summed E-state index contributed by atoms with van der Waals surface area (Å²) in [5.74, 6) is 0.316. The zero-order valence-electron chi connectivity index (χ0n) is 16.3. The molecule has 0 atom stereocenters. The molecule has 3 aromatic rings. The van der Waals surface area contributed by atoms with Crippen LogP contribution in [0.3, 0.4) is 0 Å². The van der Waals surface area contributed by atoms with Crippen LogP contribution >= 0.6 is 23.1 Å². The van der Waals surface area contributed by atoms with E-state index in [2.05, 4.69) is 10.1 Å². The number of esters is 1. The Morgan fingerprint density at radius 1 is 1.24 bits per heavy atom. The highest BCUT2D eigenvalue weighted by Gasteiger charge is 2.20. The smallest absolute Gasteiger partial charge is 0.316 e. The summed E-state index contributed by atoms with van der Waals surface area (Å²) < 4.78 is 6.68. The van der Waals surface area contributed by atoms with Crippen LogP contribution in [-0.4, -0.2) is 26.3 Å². The summed E-state index contributed by atoms with van der Waals surface area (Å²) in [6.45, 7) is 2.02. The summed E-state index contributed by atoms with van der Waals surface area (Å²) in [5.41, 5.74) is 1.41. The maximum absolute atomic E-state index is 12.4. The van der Waals surface area contributed by atoms with Gasteiger partial charge in [0.15, 0.2) is 0 Å². The van der Waals surface area contributed by atoms with E-state index in [0.29, 0.717) is 16.6 Å². The Kier molecular flexibility index (Phi) is 6.30. The Bertz CT molecular complexity index is 1050. The van der Waals surface area contributed by atoms with Crippen LogP contribution in [-0.2, 0) is 16.1 Å². The van der Waals surface area contributed by atoms with E-state index in [-0.39, 0.29) is 23.9 Å². The third-order valence-corrected chi connectivity index (χ3v) is 7.08. The van der Waals surface area contributed by atoms with E-state index < -0.39 is 0 Å². The lowest BCUT2D eigenvalue weighted by Gasteiger charge is -2.18. The van der Waals surface area contributed by atoms with Gasteiger partial charge in [-0.05, 0) is 31.9 Å². The number of aryl methyl sites for hydroxylation is 1. The van der Waals surface area contributed by atoms with E-state index in [0.717, 1.165) is 22.7 Å². The largest absolute Gasteiger partial charge is 0.459 e. The molecule has 2 aromatic heterocycles. The summed E-state index contributed by atoms with van der Waals surface area (Å²) in [4.78, 5) is 30.5. The molecular formula is C21H23N3O3S2. The lowest BCUT2D eigenvalue weighted by Crippen LogP contribution is -2.17. The van der Waals surface area contributed by atoms with Crippen molar-refractivity contribution in [1.82, 2.24) is 14.6 Å². The average molecular weight is 430 g/mol. The number of aromatic nitrogens is 3. The number of carbonyl (C=O) groups is 1. The number of ether oxygens (including phenoxy) is 1.